The number of nitrogens with two attached hydrogens (primary N) is 1. The van der Waals surface area contributed by atoms with Crippen molar-refractivity contribution in [3.8, 4) is 11.6 Å². The van der Waals surface area contributed by atoms with Crippen molar-refractivity contribution >= 4 is 17.0 Å². The summed E-state index contributed by atoms with van der Waals surface area (Å²) in [6.45, 7) is 2.04. The van der Waals surface area contributed by atoms with Gasteiger partial charge in [0.2, 0.25) is 5.95 Å². The lowest BCUT2D eigenvalue weighted by Gasteiger charge is -1.97. The summed E-state index contributed by atoms with van der Waals surface area (Å²) in [4.78, 5) is 8.62. The first-order valence-electron chi connectivity index (χ1n) is 5.26. The molecule has 0 fully saturated rings. The molecule has 0 unspecified atom stereocenters. The Labute approximate surface area is 97.5 Å². The Morgan fingerprint density at radius 3 is 2.82 bits per heavy atom. The first kappa shape index (κ1) is 9.83. The lowest BCUT2D eigenvalue weighted by Crippen LogP contribution is -1.94. The van der Waals surface area contributed by atoms with Crippen LogP contribution in [-0.4, -0.2) is 24.7 Å². The van der Waals surface area contributed by atoms with E-state index in [2.05, 4.69) is 26.2 Å². The maximum Gasteiger partial charge on any atom is 0.239 e. The van der Waals surface area contributed by atoms with E-state index >= 15 is 0 Å². The molecule has 0 bridgehead atoms. The standard InChI is InChI=1S/C11H12N6/c1-6-3-4-8-7(5-6)13-10(17(8)2)9-14-11(12)16-15-9/h3-5H,1-2H3,(H3,12,14,15,16). The molecule has 6 heteroatoms. The van der Waals surface area contributed by atoms with E-state index in [4.69, 9.17) is 5.73 Å². The molecule has 0 saturated heterocycles. The third-order valence-corrected chi connectivity index (χ3v) is 2.75. The van der Waals surface area contributed by atoms with Gasteiger partial charge in [0.25, 0.3) is 0 Å². The van der Waals surface area contributed by atoms with Crippen molar-refractivity contribution in [2.45, 2.75) is 6.92 Å². The Kier molecular flexibility index (Phi) is 1.91. The minimum atomic E-state index is 0.225. The number of fused-ring (bicyclic) bond motifs is 1. The number of anilines is 1. The molecule has 0 radical (unpaired) electrons. The van der Waals surface area contributed by atoms with Crippen LogP contribution in [0.25, 0.3) is 22.7 Å². The van der Waals surface area contributed by atoms with Gasteiger partial charge in [-0.15, -0.1) is 5.10 Å². The van der Waals surface area contributed by atoms with E-state index in [0.29, 0.717) is 5.82 Å². The summed E-state index contributed by atoms with van der Waals surface area (Å²) in [5.41, 5.74) is 8.67. The maximum absolute atomic E-state index is 5.49. The zero-order valence-corrected chi connectivity index (χ0v) is 9.60. The van der Waals surface area contributed by atoms with Crippen LogP contribution in [0.3, 0.4) is 0 Å². The van der Waals surface area contributed by atoms with Crippen molar-refractivity contribution in [3.63, 3.8) is 0 Å². The van der Waals surface area contributed by atoms with E-state index in [0.717, 1.165) is 16.9 Å². The van der Waals surface area contributed by atoms with Crippen molar-refractivity contribution in [2.24, 2.45) is 7.05 Å². The van der Waals surface area contributed by atoms with Crippen LogP contribution >= 0.6 is 0 Å². The average Bonchev–Trinajstić information content (AvgIpc) is 2.83. The number of nitrogens with zero attached hydrogens (tertiary/aromatic N) is 4. The molecule has 0 amide bonds. The number of aromatic nitrogens is 5. The van der Waals surface area contributed by atoms with Gasteiger partial charge in [-0.05, 0) is 24.6 Å². The number of hydrogen-bond acceptors (Lipinski definition) is 4. The number of aryl methyl sites for hydroxylation is 2. The van der Waals surface area contributed by atoms with Gasteiger partial charge in [-0.25, -0.2) is 4.98 Å². The Hall–Kier alpha value is -2.37. The minimum Gasteiger partial charge on any atom is -0.366 e. The van der Waals surface area contributed by atoms with Crippen molar-refractivity contribution in [1.29, 1.82) is 0 Å². The second-order valence-electron chi connectivity index (χ2n) is 4.03. The van der Waals surface area contributed by atoms with E-state index in [1.54, 1.807) is 0 Å². The minimum absolute atomic E-state index is 0.225. The smallest absolute Gasteiger partial charge is 0.239 e. The zero-order chi connectivity index (χ0) is 12.0. The first-order chi connectivity index (χ1) is 8.15. The van der Waals surface area contributed by atoms with Crippen molar-refractivity contribution < 1.29 is 0 Å². The molecule has 0 spiro atoms. The fourth-order valence-corrected chi connectivity index (χ4v) is 1.90. The molecule has 1 aromatic carbocycles. The van der Waals surface area contributed by atoms with Crippen LogP contribution in [0.2, 0.25) is 0 Å². The number of H-pyrrole nitrogens is 1. The number of rotatable bonds is 1. The molecular weight excluding hydrogens is 216 g/mol. The van der Waals surface area contributed by atoms with E-state index < -0.39 is 0 Å². The quantitative estimate of drug-likeness (QED) is 0.656. The summed E-state index contributed by atoms with van der Waals surface area (Å²) < 4.78 is 1.97. The summed E-state index contributed by atoms with van der Waals surface area (Å²) in [6.07, 6.45) is 0. The molecule has 3 aromatic rings. The molecule has 0 aliphatic carbocycles. The highest BCUT2D eigenvalue weighted by atomic mass is 15.3. The number of aromatic amines is 1. The molecule has 3 rings (SSSR count). The van der Waals surface area contributed by atoms with Gasteiger partial charge in [0.1, 0.15) is 0 Å². The second kappa shape index (κ2) is 3.31. The normalized spacial score (nSPS) is 11.2. The molecule has 6 nitrogen and oxygen atoms in total. The van der Waals surface area contributed by atoms with Crippen LogP contribution in [0.4, 0.5) is 5.95 Å². The highest BCUT2D eigenvalue weighted by molar-refractivity contribution is 5.80. The molecule has 3 N–H and O–H groups in total. The molecule has 0 aliphatic heterocycles. The third-order valence-electron chi connectivity index (χ3n) is 2.75. The third kappa shape index (κ3) is 1.45. The fraction of sp³-hybridized carbons (Fsp3) is 0.182. The predicted molar refractivity (Wildman–Crippen MR) is 65.2 cm³/mol. The topological polar surface area (TPSA) is 85.4 Å². The molecule has 2 heterocycles. The number of nitrogen functional groups attached to an aromatic ring is 1. The maximum atomic E-state index is 5.49. The summed E-state index contributed by atoms with van der Waals surface area (Å²) in [7, 11) is 1.94. The Balaban J connectivity index is 2.27. The van der Waals surface area contributed by atoms with Gasteiger partial charge in [0, 0.05) is 7.05 Å². The lowest BCUT2D eigenvalue weighted by atomic mass is 10.2. The first-order valence-corrected chi connectivity index (χ1v) is 5.26. The summed E-state index contributed by atoms with van der Waals surface area (Å²) in [6, 6.07) is 6.14. The number of hydrogen-bond donors (Lipinski definition) is 2. The molecule has 2 aromatic heterocycles. The summed E-state index contributed by atoms with van der Waals surface area (Å²) >= 11 is 0. The Bertz CT molecular complexity index is 693. The van der Waals surface area contributed by atoms with Gasteiger partial charge in [-0.1, -0.05) is 6.07 Å². The molecule has 86 valence electrons. The number of nitrogens with one attached hydrogen (secondary N) is 1. The van der Waals surface area contributed by atoms with Crippen LogP contribution in [-0.2, 0) is 7.05 Å². The van der Waals surface area contributed by atoms with E-state index in [9.17, 15) is 0 Å². The Morgan fingerprint density at radius 2 is 2.12 bits per heavy atom. The van der Waals surface area contributed by atoms with Crippen molar-refractivity contribution in [1.82, 2.24) is 24.7 Å². The fourth-order valence-electron chi connectivity index (χ4n) is 1.90. The molecule has 0 aliphatic rings. The zero-order valence-electron chi connectivity index (χ0n) is 9.60. The molecule has 17 heavy (non-hydrogen) atoms. The lowest BCUT2D eigenvalue weighted by molar-refractivity contribution is 0.937. The van der Waals surface area contributed by atoms with Crippen LogP contribution in [0.15, 0.2) is 18.2 Å². The van der Waals surface area contributed by atoms with E-state index in [-0.39, 0.29) is 5.95 Å². The largest absolute Gasteiger partial charge is 0.366 e. The SMILES string of the molecule is Cc1ccc2c(c1)nc(-c1nc(N)n[nH]1)n2C. The van der Waals surface area contributed by atoms with E-state index in [1.165, 1.54) is 5.56 Å². The van der Waals surface area contributed by atoms with Crippen molar-refractivity contribution in [2.75, 3.05) is 5.73 Å². The summed E-state index contributed by atoms with van der Waals surface area (Å²) in [5, 5.41) is 6.58. The highest BCUT2D eigenvalue weighted by Gasteiger charge is 2.12. The van der Waals surface area contributed by atoms with Crippen LogP contribution < -0.4 is 5.73 Å². The van der Waals surface area contributed by atoms with Gasteiger partial charge >= 0.3 is 0 Å². The van der Waals surface area contributed by atoms with Gasteiger partial charge in [0.15, 0.2) is 11.6 Å². The predicted octanol–water partition coefficient (Wildman–Crippen LogP) is 1.25. The van der Waals surface area contributed by atoms with Crippen LogP contribution in [0, 0.1) is 6.92 Å². The van der Waals surface area contributed by atoms with Crippen LogP contribution in [0.1, 0.15) is 5.56 Å². The van der Waals surface area contributed by atoms with Crippen LogP contribution in [0.5, 0.6) is 0 Å². The number of benzene rings is 1. The monoisotopic (exact) mass is 228 g/mol. The van der Waals surface area contributed by atoms with Gasteiger partial charge < -0.3 is 10.3 Å². The van der Waals surface area contributed by atoms with E-state index in [1.807, 2.05) is 30.7 Å². The van der Waals surface area contributed by atoms with Gasteiger partial charge in [-0.3, -0.25) is 5.10 Å². The van der Waals surface area contributed by atoms with Gasteiger partial charge in [-0.2, -0.15) is 4.98 Å². The summed E-state index contributed by atoms with van der Waals surface area (Å²) in [5.74, 6) is 1.54. The van der Waals surface area contributed by atoms with Gasteiger partial charge in [0.05, 0.1) is 11.0 Å². The number of imidazole rings is 1. The molecule has 0 saturated carbocycles. The molecule has 0 atom stereocenters. The second-order valence-corrected chi connectivity index (χ2v) is 4.03. The highest BCUT2D eigenvalue weighted by Crippen LogP contribution is 2.21. The van der Waals surface area contributed by atoms with Crippen molar-refractivity contribution in [3.05, 3.63) is 23.8 Å². The molecular formula is C11H12N6. The average molecular weight is 228 g/mol. The Morgan fingerprint density at radius 1 is 1.29 bits per heavy atom.